The average Bonchev–Trinajstić information content (AvgIpc) is 2.97. The van der Waals surface area contributed by atoms with E-state index < -0.39 is 6.36 Å². The highest BCUT2D eigenvalue weighted by Gasteiger charge is 2.30. The van der Waals surface area contributed by atoms with Crippen molar-refractivity contribution in [3.8, 4) is 28.4 Å². The Bertz CT molecular complexity index is 795. The van der Waals surface area contributed by atoms with Crippen LogP contribution in [0.1, 0.15) is 0 Å². The van der Waals surface area contributed by atoms with Crippen LogP contribution in [0.3, 0.4) is 0 Å². The van der Waals surface area contributed by atoms with Gasteiger partial charge in [-0.1, -0.05) is 23.7 Å². The molecule has 2 aromatic carbocycles. The minimum Gasteiger partial charge on any atom is -0.406 e. The number of nitrogens with one attached hydrogen (secondary N) is 1. The Balaban J connectivity index is 1.81. The van der Waals surface area contributed by atoms with Gasteiger partial charge in [-0.05, 0) is 36.4 Å². The van der Waals surface area contributed by atoms with Gasteiger partial charge in [0.1, 0.15) is 11.6 Å². The van der Waals surface area contributed by atoms with Crippen molar-refractivity contribution >= 4 is 11.6 Å². The minimum atomic E-state index is -4.70. The van der Waals surface area contributed by atoms with Crippen molar-refractivity contribution < 1.29 is 17.9 Å². The van der Waals surface area contributed by atoms with Gasteiger partial charge in [0.2, 0.25) is 0 Å². The third-order valence-corrected chi connectivity index (χ3v) is 3.33. The van der Waals surface area contributed by atoms with Crippen molar-refractivity contribution in [3.63, 3.8) is 0 Å². The van der Waals surface area contributed by atoms with Crippen LogP contribution in [0.4, 0.5) is 13.2 Å². The molecular weight excluding hydrogens is 329 g/mol. The molecule has 0 spiro atoms. The first-order valence-corrected chi connectivity index (χ1v) is 6.96. The fourth-order valence-corrected chi connectivity index (χ4v) is 2.18. The van der Waals surface area contributed by atoms with E-state index in [4.69, 9.17) is 11.6 Å². The Hall–Kier alpha value is -2.47. The Morgan fingerprint density at radius 2 is 1.52 bits per heavy atom. The van der Waals surface area contributed by atoms with E-state index in [-0.39, 0.29) is 5.75 Å². The van der Waals surface area contributed by atoms with Gasteiger partial charge in [-0.3, -0.25) is 0 Å². The SMILES string of the molecule is FC(F)(F)Oc1ccc(-c2nc(-c3ccc(Cl)cc3)c[nH]2)cc1. The number of halogens is 4. The van der Waals surface area contributed by atoms with Crippen LogP contribution in [0.5, 0.6) is 5.75 Å². The van der Waals surface area contributed by atoms with E-state index in [9.17, 15) is 13.2 Å². The highest BCUT2D eigenvalue weighted by molar-refractivity contribution is 6.30. The van der Waals surface area contributed by atoms with Gasteiger partial charge >= 0.3 is 6.36 Å². The first-order chi connectivity index (χ1) is 10.9. The fourth-order valence-electron chi connectivity index (χ4n) is 2.05. The Morgan fingerprint density at radius 1 is 0.913 bits per heavy atom. The van der Waals surface area contributed by atoms with E-state index >= 15 is 0 Å². The number of aromatic nitrogens is 2. The molecule has 0 aliphatic heterocycles. The Kier molecular flexibility index (Phi) is 4.00. The lowest BCUT2D eigenvalue weighted by Gasteiger charge is -2.08. The molecule has 0 bridgehead atoms. The molecule has 1 aromatic heterocycles. The zero-order chi connectivity index (χ0) is 16.4. The molecular formula is C16H10ClF3N2O. The maximum absolute atomic E-state index is 12.1. The van der Waals surface area contributed by atoms with Gasteiger partial charge in [-0.25, -0.2) is 4.98 Å². The lowest BCUT2D eigenvalue weighted by Crippen LogP contribution is -2.16. The lowest BCUT2D eigenvalue weighted by atomic mass is 10.2. The number of nitrogens with zero attached hydrogens (tertiary/aromatic N) is 1. The van der Waals surface area contributed by atoms with Gasteiger partial charge < -0.3 is 9.72 Å². The molecule has 1 N–H and O–H groups in total. The second kappa shape index (κ2) is 5.96. The largest absolute Gasteiger partial charge is 0.573 e. The Labute approximate surface area is 134 Å². The molecule has 7 heteroatoms. The van der Waals surface area contributed by atoms with E-state index in [1.807, 2.05) is 12.1 Å². The van der Waals surface area contributed by atoms with E-state index in [1.165, 1.54) is 24.3 Å². The fraction of sp³-hybridized carbons (Fsp3) is 0.0625. The number of benzene rings is 2. The van der Waals surface area contributed by atoms with Crippen LogP contribution >= 0.6 is 11.6 Å². The third kappa shape index (κ3) is 3.84. The van der Waals surface area contributed by atoms with E-state index in [0.29, 0.717) is 22.1 Å². The molecule has 0 amide bonds. The predicted molar refractivity (Wildman–Crippen MR) is 81.2 cm³/mol. The van der Waals surface area contributed by atoms with Crippen LogP contribution in [0.2, 0.25) is 5.02 Å². The van der Waals surface area contributed by atoms with Crippen LogP contribution in [0.25, 0.3) is 22.6 Å². The van der Waals surface area contributed by atoms with Crippen molar-refractivity contribution in [3.05, 3.63) is 59.8 Å². The summed E-state index contributed by atoms with van der Waals surface area (Å²) in [4.78, 5) is 7.42. The number of alkyl halides is 3. The topological polar surface area (TPSA) is 37.9 Å². The molecule has 0 atom stereocenters. The lowest BCUT2D eigenvalue weighted by molar-refractivity contribution is -0.274. The number of aromatic amines is 1. The number of ether oxygens (including phenoxy) is 1. The number of rotatable bonds is 3. The summed E-state index contributed by atoms with van der Waals surface area (Å²) in [6.07, 6.45) is -2.98. The molecule has 3 nitrogen and oxygen atoms in total. The molecule has 0 saturated carbocycles. The summed E-state index contributed by atoms with van der Waals surface area (Å²) < 4.78 is 40.2. The summed E-state index contributed by atoms with van der Waals surface area (Å²) in [5.41, 5.74) is 2.25. The molecule has 0 aliphatic rings. The van der Waals surface area contributed by atoms with Gasteiger partial charge in [0, 0.05) is 22.3 Å². The van der Waals surface area contributed by atoms with Crippen LogP contribution in [-0.2, 0) is 0 Å². The number of hydrogen-bond acceptors (Lipinski definition) is 2. The minimum absolute atomic E-state index is 0.272. The second-order valence-electron chi connectivity index (χ2n) is 4.71. The summed E-state index contributed by atoms with van der Waals surface area (Å²) in [6.45, 7) is 0. The maximum atomic E-state index is 12.1. The molecule has 3 rings (SSSR count). The molecule has 23 heavy (non-hydrogen) atoms. The first-order valence-electron chi connectivity index (χ1n) is 6.58. The smallest absolute Gasteiger partial charge is 0.406 e. The number of H-pyrrole nitrogens is 1. The van der Waals surface area contributed by atoms with Crippen molar-refractivity contribution in [2.75, 3.05) is 0 Å². The summed E-state index contributed by atoms with van der Waals surface area (Å²) >= 11 is 5.84. The molecule has 1 heterocycles. The monoisotopic (exact) mass is 338 g/mol. The van der Waals surface area contributed by atoms with Crippen LogP contribution < -0.4 is 4.74 Å². The van der Waals surface area contributed by atoms with Gasteiger partial charge in [0.25, 0.3) is 0 Å². The summed E-state index contributed by atoms with van der Waals surface area (Å²) in [7, 11) is 0. The van der Waals surface area contributed by atoms with E-state index in [1.54, 1.807) is 18.3 Å². The third-order valence-electron chi connectivity index (χ3n) is 3.08. The van der Waals surface area contributed by atoms with Gasteiger partial charge in [-0.2, -0.15) is 0 Å². The molecule has 118 valence electrons. The first kappa shape index (κ1) is 15.4. The van der Waals surface area contributed by atoms with Crippen molar-refractivity contribution in [1.29, 1.82) is 0 Å². The highest BCUT2D eigenvalue weighted by atomic mass is 35.5. The van der Waals surface area contributed by atoms with Gasteiger partial charge in [0.15, 0.2) is 0 Å². The van der Waals surface area contributed by atoms with Gasteiger partial charge in [-0.15, -0.1) is 13.2 Å². The molecule has 0 saturated heterocycles. The molecule has 0 fully saturated rings. The average molecular weight is 339 g/mol. The molecule has 3 aromatic rings. The number of imidazole rings is 1. The van der Waals surface area contributed by atoms with E-state index in [0.717, 1.165) is 5.56 Å². The normalized spacial score (nSPS) is 11.5. The summed E-state index contributed by atoms with van der Waals surface area (Å²) in [5, 5.41) is 0.629. The second-order valence-corrected chi connectivity index (χ2v) is 5.15. The molecule has 0 aliphatic carbocycles. The van der Waals surface area contributed by atoms with Crippen molar-refractivity contribution in [2.24, 2.45) is 0 Å². The van der Waals surface area contributed by atoms with Crippen LogP contribution in [-0.4, -0.2) is 16.3 Å². The Morgan fingerprint density at radius 3 is 2.13 bits per heavy atom. The van der Waals surface area contributed by atoms with Crippen molar-refractivity contribution in [2.45, 2.75) is 6.36 Å². The van der Waals surface area contributed by atoms with Crippen LogP contribution in [0.15, 0.2) is 54.7 Å². The zero-order valence-electron chi connectivity index (χ0n) is 11.6. The summed E-state index contributed by atoms with van der Waals surface area (Å²) in [6, 6.07) is 12.7. The maximum Gasteiger partial charge on any atom is 0.573 e. The van der Waals surface area contributed by atoms with E-state index in [2.05, 4.69) is 14.7 Å². The highest BCUT2D eigenvalue weighted by Crippen LogP contribution is 2.27. The summed E-state index contributed by atoms with van der Waals surface area (Å²) in [5.74, 6) is 0.277. The predicted octanol–water partition coefficient (Wildman–Crippen LogP) is 5.30. The van der Waals surface area contributed by atoms with Crippen LogP contribution in [0, 0.1) is 0 Å². The molecule has 0 radical (unpaired) electrons. The standard InChI is InChI=1S/C16H10ClF3N2O/c17-12-5-1-10(2-6-12)14-9-21-15(22-14)11-3-7-13(8-4-11)23-16(18,19)20/h1-9H,(H,21,22). The number of hydrogen-bond donors (Lipinski definition) is 1. The van der Waals surface area contributed by atoms with Crippen molar-refractivity contribution in [1.82, 2.24) is 9.97 Å². The quantitative estimate of drug-likeness (QED) is 0.704. The molecule has 0 unspecified atom stereocenters. The zero-order valence-corrected chi connectivity index (χ0v) is 12.3. The van der Waals surface area contributed by atoms with Gasteiger partial charge in [0.05, 0.1) is 5.69 Å².